The number of anilines is 1. The first-order valence-electron chi connectivity index (χ1n) is 11.2. The van der Waals surface area contributed by atoms with Crippen LogP contribution in [0.1, 0.15) is 28.4 Å². The zero-order chi connectivity index (χ0) is 23.3. The van der Waals surface area contributed by atoms with E-state index in [0.717, 1.165) is 17.7 Å². The summed E-state index contributed by atoms with van der Waals surface area (Å²) in [6.45, 7) is 4.96. The number of carbonyl (C=O) groups is 1. The van der Waals surface area contributed by atoms with Gasteiger partial charge in [-0.3, -0.25) is 9.69 Å². The molecule has 1 N–H and O–H groups in total. The Morgan fingerprint density at radius 1 is 0.848 bits per heavy atom. The predicted octanol–water partition coefficient (Wildman–Crippen LogP) is 4.01. The van der Waals surface area contributed by atoms with E-state index in [1.165, 1.54) is 5.56 Å². The molecule has 0 aromatic heterocycles. The molecule has 0 spiro atoms. The number of aryl methyl sites for hydroxylation is 1. The maximum atomic E-state index is 12.8. The highest BCUT2D eigenvalue weighted by molar-refractivity contribution is 7.89. The zero-order valence-electron chi connectivity index (χ0n) is 18.8. The average molecular weight is 464 g/mol. The first-order valence-corrected chi connectivity index (χ1v) is 12.7. The smallest absolute Gasteiger partial charge is 0.255 e. The minimum Gasteiger partial charge on any atom is -0.322 e. The monoisotopic (exact) mass is 463 g/mol. The van der Waals surface area contributed by atoms with E-state index < -0.39 is 10.0 Å². The molecule has 33 heavy (non-hydrogen) atoms. The number of carbonyl (C=O) groups excluding carboxylic acids is 1. The van der Waals surface area contributed by atoms with Gasteiger partial charge in [0.1, 0.15) is 0 Å². The second-order valence-corrected chi connectivity index (χ2v) is 10.1. The van der Waals surface area contributed by atoms with Crippen molar-refractivity contribution in [1.29, 1.82) is 0 Å². The summed E-state index contributed by atoms with van der Waals surface area (Å²) >= 11 is 0. The number of hydrogen-bond acceptors (Lipinski definition) is 4. The number of rotatable bonds is 7. The molecule has 0 bridgehead atoms. The first kappa shape index (κ1) is 23.2. The summed E-state index contributed by atoms with van der Waals surface area (Å²) in [6, 6.07) is 24.0. The highest BCUT2D eigenvalue weighted by Gasteiger charge is 2.28. The Kier molecular flexibility index (Phi) is 7.23. The maximum Gasteiger partial charge on any atom is 0.255 e. The Balaban J connectivity index is 1.35. The van der Waals surface area contributed by atoms with Crippen molar-refractivity contribution < 1.29 is 13.2 Å². The molecular weight excluding hydrogens is 434 g/mol. The Bertz CT molecular complexity index is 1190. The summed E-state index contributed by atoms with van der Waals surface area (Å²) in [5.41, 5.74) is 3.64. The van der Waals surface area contributed by atoms with Gasteiger partial charge in [-0.05, 0) is 53.9 Å². The fraction of sp³-hybridized carbons (Fsp3) is 0.269. The number of amides is 1. The van der Waals surface area contributed by atoms with Crippen molar-refractivity contribution in [3.8, 4) is 0 Å². The molecule has 3 aromatic rings. The summed E-state index contributed by atoms with van der Waals surface area (Å²) in [5, 5.41) is 2.95. The standard InChI is InChI=1S/C26H29N3O3S/c1-2-21-11-13-24(14-12-21)27-26(30)23-8-6-7-22(19-23)20-28-15-17-29(18-16-28)33(31,32)25-9-4-3-5-10-25/h3-14,19H,2,15-18,20H2,1H3,(H,27,30). The molecule has 172 valence electrons. The second-order valence-electron chi connectivity index (χ2n) is 8.20. The van der Waals surface area contributed by atoms with Gasteiger partial charge in [0.25, 0.3) is 5.91 Å². The maximum absolute atomic E-state index is 12.8. The van der Waals surface area contributed by atoms with Crippen LogP contribution in [0.5, 0.6) is 0 Å². The zero-order valence-corrected chi connectivity index (χ0v) is 19.6. The molecule has 1 saturated heterocycles. The highest BCUT2D eigenvalue weighted by Crippen LogP contribution is 2.19. The van der Waals surface area contributed by atoms with Gasteiger partial charge in [-0.25, -0.2) is 8.42 Å². The molecular formula is C26H29N3O3S. The van der Waals surface area contributed by atoms with Crippen molar-refractivity contribution >= 4 is 21.6 Å². The largest absolute Gasteiger partial charge is 0.322 e. The fourth-order valence-corrected chi connectivity index (χ4v) is 5.41. The van der Waals surface area contributed by atoms with Gasteiger partial charge in [-0.15, -0.1) is 0 Å². The van der Waals surface area contributed by atoms with Crippen LogP contribution in [0.25, 0.3) is 0 Å². The van der Waals surface area contributed by atoms with E-state index in [2.05, 4.69) is 17.1 Å². The minimum atomic E-state index is -3.46. The molecule has 6 nitrogen and oxygen atoms in total. The molecule has 4 rings (SSSR count). The van der Waals surface area contributed by atoms with Crippen LogP contribution in [-0.2, 0) is 23.0 Å². The molecule has 3 aromatic carbocycles. The van der Waals surface area contributed by atoms with Gasteiger partial charge >= 0.3 is 0 Å². The number of piperazine rings is 1. The van der Waals surface area contributed by atoms with Crippen LogP contribution in [0, 0.1) is 0 Å². The van der Waals surface area contributed by atoms with E-state index in [1.807, 2.05) is 54.6 Å². The fourth-order valence-electron chi connectivity index (χ4n) is 3.97. The molecule has 0 radical (unpaired) electrons. The van der Waals surface area contributed by atoms with E-state index >= 15 is 0 Å². The lowest BCUT2D eigenvalue weighted by atomic mass is 10.1. The third-order valence-electron chi connectivity index (χ3n) is 5.93. The Hall–Kier alpha value is -3.00. The molecule has 7 heteroatoms. The molecule has 0 saturated carbocycles. The van der Waals surface area contributed by atoms with E-state index in [1.54, 1.807) is 28.6 Å². The van der Waals surface area contributed by atoms with Crippen LogP contribution in [0.15, 0.2) is 83.8 Å². The van der Waals surface area contributed by atoms with Gasteiger partial charge in [0, 0.05) is 44.0 Å². The molecule has 1 amide bonds. The average Bonchev–Trinajstić information content (AvgIpc) is 2.85. The summed E-state index contributed by atoms with van der Waals surface area (Å²) in [4.78, 5) is 15.3. The van der Waals surface area contributed by atoms with Crippen LogP contribution in [-0.4, -0.2) is 49.7 Å². The lowest BCUT2D eigenvalue weighted by Crippen LogP contribution is -2.48. The lowest BCUT2D eigenvalue weighted by Gasteiger charge is -2.34. The Morgan fingerprint density at radius 3 is 2.21 bits per heavy atom. The molecule has 1 aliphatic heterocycles. The van der Waals surface area contributed by atoms with Gasteiger partial charge in [0.2, 0.25) is 10.0 Å². The van der Waals surface area contributed by atoms with Crippen molar-refractivity contribution in [3.63, 3.8) is 0 Å². The van der Waals surface area contributed by atoms with E-state index in [0.29, 0.717) is 43.2 Å². The van der Waals surface area contributed by atoms with Crippen molar-refractivity contribution in [2.75, 3.05) is 31.5 Å². The second kappa shape index (κ2) is 10.3. The molecule has 0 aliphatic carbocycles. The Labute approximate surface area is 195 Å². The SMILES string of the molecule is CCc1ccc(NC(=O)c2cccc(CN3CCN(S(=O)(=O)c4ccccc4)CC3)c2)cc1. The van der Waals surface area contributed by atoms with Crippen LogP contribution in [0.2, 0.25) is 0 Å². The predicted molar refractivity (Wildman–Crippen MR) is 131 cm³/mol. The molecule has 1 heterocycles. The van der Waals surface area contributed by atoms with Gasteiger partial charge in [-0.2, -0.15) is 4.31 Å². The summed E-state index contributed by atoms with van der Waals surface area (Å²) in [6.07, 6.45) is 0.961. The lowest BCUT2D eigenvalue weighted by molar-refractivity contribution is 0.102. The summed E-state index contributed by atoms with van der Waals surface area (Å²) in [7, 11) is -3.46. The molecule has 0 atom stereocenters. The minimum absolute atomic E-state index is 0.139. The van der Waals surface area contributed by atoms with Crippen LogP contribution in [0.4, 0.5) is 5.69 Å². The quantitative estimate of drug-likeness (QED) is 0.575. The van der Waals surface area contributed by atoms with Crippen LogP contribution in [0.3, 0.4) is 0 Å². The van der Waals surface area contributed by atoms with Crippen molar-refractivity contribution in [2.45, 2.75) is 24.8 Å². The molecule has 1 aliphatic rings. The third kappa shape index (κ3) is 5.68. The van der Waals surface area contributed by atoms with Crippen molar-refractivity contribution in [1.82, 2.24) is 9.21 Å². The van der Waals surface area contributed by atoms with Crippen LogP contribution < -0.4 is 5.32 Å². The van der Waals surface area contributed by atoms with Gasteiger partial charge in [0.15, 0.2) is 0 Å². The number of benzene rings is 3. The van der Waals surface area contributed by atoms with Gasteiger partial charge in [0.05, 0.1) is 4.90 Å². The number of nitrogens with one attached hydrogen (secondary N) is 1. The summed E-state index contributed by atoms with van der Waals surface area (Å²) < 4.78 is 27.2. The number of sulfonamides is 1. The van der Waals surface area contributed by atoms with Gasteiger partial charge < -0.3 is 5.32 Å². The number of hydrogen-bond donors (Lipinski definition) is 1. The normalized spacial score (nSPS) is 15.3. The van der Waals surface area contributed by atoms with E-state index in [-0.39, 0.29) is 5.91 Å². The Morgan fingerprint density at radius 2 is 1.55 bits per heavy atom. The van der Waals surface area contributed by atoms with Crippen molar-refractivity contribution in [3.05, 3.63) is 95.6 Å². The topological polar surface area (TPSA) is 69.7 Å². The number of nitrogens with zero attached hydrogens (tertiary/aromatic N) is 2. The first-order chi connectivity index (χ1) is 16.0. The third-order valence-corrected chi connectivity index (χ3v) is 7.84. The molecule has 0 unspecified atom stereocenters. The highest BCUT2D eigenvalue weighted by atomic mass is 32.2. The summed E-state index contributed by atoms with van der Waals surface area (Å²) in [5.74, 6) is -0.139. The molecule has 1 fully saturated rings. The van der Waals surface area contributed by atoms with E-state index in [4.69, 9.17) is 0 Å². The van der Waals surface area contributed by atoms with Crippen molar-refractivity contribution in [2.24, 2.45) is 0 Å². The van der Waals surface area contributed by atoms with E-state index in [9.17, 15) is 13.2 Å². The van der Waals surface area contributed by atoms with Crippen LogP contribution >= 0.6 is 0 Å². The van der Waals surface area contributed by atoms with Gasteiger partial charge in [-0.1, -0.05) is 49.4 Å².